The van der Waals surface area contributed by atoms with Crippen molar-refractivity contribution in [2.45, 2.75) is 20.0 Å². The highest BCUT2D eigenvalue weighted by molar-refractivity contribution is 6.33. The Balaban J connectivity index is 1.73. The summed E-state index contributed by atoms with van der Waals surface area (Å²) in [7, 11) is 0. The van der Waals surface area contributed by atoms with Gasteiger partial charge in [-0.3, -0.25) is 4.90 Å². The van der Waals surface area contributed by atoms with Crippen LogP contribution in [0, 0.1) is 6.92 Å². The van der Waals surface area contributed by atoms with E-state index in [2.05, 4.69) is 54.3 Å². The number of aliphatic hydroxyl groups is 1. The molecule has 1 heterocycles. The first-order valence-electron chi connectivity index (χ1n) is 8.97. The van der Waals surface area contributed by atoms with Crippen LogP contribution in [0.4, 0.5) is 0 Å². The molecule has 0 amide bonds. The lowest BCUT2D eigenvalue weighted by Crippen LogP contribution is -2.20. The van der Waals surface area contributed by atoms with E-state index in [1.807, 2.05) is 18.2 Å². The van der Waals surface area contributed by atoms with Crippen LogP contribution in [0.25, 0.3) is 22.3 Å². The van der Waals surface area contributed by atoms with Crippen LogP contribution in [-0.4, -0.2) is 23.2 Å². The molecule has 0 bridgehead atoms. The lowest BCUT2D eigenvalue weighted by atomic mass is 9.91. The topological polar surface area (TPSA) is 23.5 Å². The molecule has 1 aliphatic rings. The smallest absolute Gasteiger partial charge is 0.0558 e. The van der Waals surface area contributed by atoms with E-state index in [4.69, 9.17) is 11.6 Å². The van der Waals surface area contributed by atoms with Crippen LogP contribution in [0.5, 0.6) is 0 Å². The average molecular weight is 364 g/mol. The summed E-state index contributed by atoms with van der Waals surface area (Å²) in [4.78, 5) is 2.28. The van der Waals surface area contributed by atoms with Crippen LogP contribution in [0.3, 0.4) is 0 Å². The van der Waals surface area contributed by atoms with Crippen molar-refractivity contribution in [3.05, 3.63) is 82.4 Å². The van der Waals surface area contributed by atoms with Gasteiger partial charge in [0, 0.05) is 30.2 Å². The highest BCUT2D eigenvalue weighted by atomic mass is 35.5. The second-order valence-corrected chi connectivity index (χ2v) is 7.28. The van der Waals surface area contributed by atoms with Crippen LogP contribution in [0.2, 0.25) is 5.02 Å². The molecule has 0 spiro atoms. The third-order valence-corrected chi connectivity index (χ3v) is 5.55. The summed E-state index contributed by atoms with van der Waals surface area (Å²) in [6, 6.07) is 21.1. The molecule has 3 heteroatoms. The van der Waals surface area contributed by atoms with Gasteiger partial charge < -0.3 is 5.11 Å². The Morgan fingerprint density at radius 3 is 2.42 bits per heavy atom. The first-order chi connectivity index (χ1) is 12.7. The molecule has 0 unspecified atom stereocenters. The van der Waals surface area contributed by atoms with Crippen molar-refractivity contribution in [1.82, 2.24) is 4.90 Å². The fourth-order valence-corrected chi connectivity index (χ4v) is 4.09. The Morgan fingerprint density at radius 2 is 1.62 bits per heavy atom. The molecule has 0 aliphatic carbocycles. The summed E-state index contributed by atoms with van der Waals surface area (Å²) < 4.78 is 0. The molecule has 0 saturated heterocycles. The minimum absolute atomic E-state index is 0.208. The Morgan fingerprint density at radius 1 is 0.885 bits per heavy atom. The van der Waals surface area contributed by atoms with Crippen molar-refractivity contribution in [3.8, 4) is 22.3 Å². The minimum Gasteiger partial charge on any atom is -0.395 e. The van der Waals surface area contributed by atoms with Gasteiger partial charge in [-0.15, -0.1) is 0 Å². The van der Waals surface area contributed by atoms with Gasteiger partial charge in [0.25, 0.3) is 0 Å². The highest BCUT2D eigenvalue weighted by Crippen LogP contribution is 2.36. The summed E-state index contributed by atoms with van der Waals surface area (Å²) >= 11 is 6.43. The SMILES string of the molecule is Cc1c(-c2ccc3c(c2)CN(CCO)C3)cccc1-c1ccccc1Cl. The maximum Gasteiger partial charge on any atom is 0.0558 e. The van der Waals surface area contributed by atoms with Gasteiger partial charge in [0.1, 0.15) is 0 Å². The third kappa shape index (κ3) is 3.16. The molecule has 0 atom stereocenters. The average Bonchev–Trinajstić information content (AvgIpc) is 3.04. The zero-order valence-corrected chi connectivity index (χ0v) is 15.6. The molecule has 1 aliphatic heterocycles. The second kappa shape index (κ2) is 7.24. The van der Waals surface area contributed by atoms with E-state index < -0.39 is 0 Å². The molecular formula is C23H22ClNO. The molecule has 132 valence electrons. The van der Waals surface area contributed by atoms with E-state index in [0.717, 1.165) is 30.2 Å². The lowest BCUT2D eigenvalue weighted by Gasteiger charge is -2.14. The normalized spacial score (nSPS) is 13.8. The van der Waals surface area contributed by atoms with Gasteiger partial charge in [0.2, 0.25) is 0 Å². The third-order valence-electron chi connectivity index (χ3n) is 5.22. The Bertz CT molecular complexity index is 951. The van der Waals surface area contributed by atoms with E-state index in [1.165, 1.54) is 33.4 Å². The molecule has 0 aromatic heterocycles. The molecule has 0 fully saturated rings. The first kappa shape index (κ1) is 17.3. The number of halogens is 1. The van der Waals surface area contributed by atoms with Gasteiger partial charge >= 0.3 is 0 Å². The Labute approximate surface area is 159 Å². The summed E-state index contributed by atoms with van der Waals surface area (Å²) in [6.07, 6.45) is 0. The van der Waals surface area contributed by atoms with E-state index in [0.29, 0.717) is 0 Å². The number of β-amino-alcohol motifs (C(OH)–C–C–N with tert-alkyl or cyclic N) is 1. The first-order valence-corrected chi connectivity index (χ1v) is 9.35. The number of rotatable bonds is 4. The van der Waals surface area contributed by atoms with Gasteiger partial charge in [-0.25, -0.2) is 0 Å². The summed E-state index contributed by atoms with van der Waals surface area (Å²) in [5.41, 5.74) is 8.69. The molecule has 3 aromatic rings. The number of fused-ring (bicyclic) bond motifs is 1. The molecule has 3 aromatic carbocycles. The molecule has 4 rings (SSSR count). The lowest BCUT2D eigenvalue weighted by molar-refractivity contribution is 0.198. The second-order valence-electron chi connectivity index (χ2n) is 6.88. The maximum absolute atomic E-state index is 9.18. The predicted octanol–water partition coefficient (Wildman–Crippen LogP) is 5.29. The van der Waals surface area contributed by atoms with Crippen LogP contribution in [-0.2, 0) is 13.1 Å². The van der Waals surface area contributed by atoms with Crippen LogP contribution < -0.4 is 0 Å². The number of nitrogens with zero attached hydrogens (tertiary/aromatic N) is 1. The number of hydrogen-bond acceptors (Lipinski definition) is 2. The van der Waals surface area contributed by atoms with Crippen molar-refractivity contribution in [2.75, 3.05) is 13.2 Å². The highest BCUT2D eigenvalue weighted by Gasteiger charge is 2.19. The summed E-state index contributed by atoms with van der Waals surface area (Å²) in [5.74, 6) is 0. The fraction of sp³-hybridized carbons (Fsp3) is 0.217. The zero-order valence-electron chi connectivity index (χ0n) is 14.9. The number of hydrogen-bond donors (Lipinski definition) is 1. The predicted molar refractivity (Wildman–Crippen MR) is 108 cm³/mol. The zero-order chi connectivity index (χ0) is 18.1. The van der Waals surface area contributed by atoms with Gasteiger partial charge in [-0.05, 0) is 52.4 Å². The maximum atomic E-state index is 9.18. The van der Waals surface area contributed by atoms with Crippen molar-refractivity contribution in [1.29, 1.82) is 0 Å². The van der Waals surface area contributed by atoms with Gasteiger partial charge in [0.05, 0.1) is 6.61 Å². The van der Waals surface area contributed by atoms with Gasteiger partial charge in [-0.1, -0.05) is 60.1 Å². The minimum atomic E-state index is 0.208. The molecule has 26 heavy (non-hydrogen) atoms. The van der Waals surface area contributed by atoms with E-state index >= 15 is 0 Å². The molecule has 0 saturated carbocycles. The van der Waals surface area contributed by atoms with E-state index in [-0.39, 0.29) is 6.61 Å². The summed E-state index contributed by atoms with van der Waals surface area (Å²) in [6.45, 7) is 4.94. The van der Waals surface area contributed by atoms with Crippen LogP contribution >= 0.6 is 11.6 Å². The van der Waals surface area contributed by atoms with Crippen molar-refractivity contribution >= 4 is 11.6 Å². The summed E-state index contributed by atoms with van der Waals surface area (Å²) in [5, 5.41) is 9.96. The Kier molecular flexibility index (Phi) is 4.82. The quantitative estimate of drug-likeness (QED) is 0.680. The number of benzene rings is 3. The van der Waals surface area contributed by atoms with Crippen molar-refractivity contribution in [2.24, 2.45) is 0 Å². The van der Waals surface area contributed by atoms with Gasteiger partial charge in [0.15, 0.2) is 0 Å². The molecule has 1 N–H and O–H groups in total. The van der Waals surface area contributed by atoms with Crippen molar-refractivity contribution < 1.29 is 5.11 Å². The fourth-order valence-electron chi connectivity index (χ4n) is 3.85. The molecular weight excluding hydrogens is 342 g/mol. The Hall–Kier alpha value is -2.13. The van der Waals surface area contributed by atoms with Crippen LogP contribution in [0.1, 0.15) is 16.7 Å². The van der Waals surface area contributed by atoms with Gasteiger partial charge in [-0.2, -0.15) is 0 Å². The van der Waals surface area contributed by atoms with E-state index in [1.54, 1.807) is 0 Å². The standard InChI is InChI=1S/C23H22ClNO/c1-16-20(6-4-7-21(16)22-5-2-3-8-23(22)24)17-9-10-18-14-25(11-12-26)15-19(18)13-17/h2-10,13,26H,11-12,14-15H2,1H3. The van der Waals surface area contributed by atoms with Crippen LogP contribution in [0.15, 0.2) is 60.7 Å². The number of aliphatic hydroxyl groups excluding tert-OH is 1. The monoisotopic (exact) mass is 363 g/mol. The molecule has 2 nitrogen and oxygen atoms in total. The van der Waals surface area contributed by atoms with E-state index in [9.17, 15) is 5.11 Å². The van der Waals surface area contributed by atoms with Crippen molar-refractivity contribution in [3.63, 3.8) is 0 Å². The molecule has 0 radical (unpaired) electrons. The largest absolute Gasteiger partial charge is 0.395 e.